The van der Waals surface area contributed by atoms with Crippen LogP contribution in [0.2, 0.25) is 0 Å². The number of nitrogens with one attached hydrogen (secondary N) is 3. The van der Waals surface area contributed by atoms with Crippen molar-refractivity contribution in [1.29, 1.82) is 0 Å². The zero-order valence-corrected chi connectivity index (χ0v) is 14.2. The molecule has 124 valence electrons. The number of urea groups is 1. The van der Waals surface area contributed by atoms with Crippen molar-refractivity contribution < 1.29 is 14.0 Å². The largest absolute Gasteiger partial charge is 0.334 e. The standard InChI is InChI=1S/C17H15BrFN3O2/c1-2-9-20-17(24)22-13-6-4-12(5-7-13)21-16(23)14-10-11(19)3-8-15(14)18/h2-8,10H,1,9H2,(H,21,23)(H2,20,22,24). The van der Waals surface area contributed by atoms with E-state index in [0.717, 1.165) is 6.07 Å². The fourth-order valence-corrected chi connectivity index (χ4v) is 2.27. The molecule has 0 bridgehead atoms. The summed E-state index contributed by atoms with van der Waals surface area (Å²) in [7, 11) is 0. The summed E-state index contributed by atoms with van der Waals surface area (Å²) in [6.07, 6.45) is 1.57. The van der Waals surface area contributed by atoms with Gasteiger partial charge in [-0.2, -0.15) is 0 Å². The number of anilines is 2. The van der Waals surface area contributed by atoms with Gasteiger partial charge in [-0.05, 0) is 58.4 Å². The second-order valence-corrected chi connectivity index (χ2v) is 5.63. The van der Waals surface area contributed by atoms with E-state index >= 15 is 0 Å². The number of halogens is 2. The van der Waals surface area contributed by atoms with Crippen LogP contribution in [0.5, 0.6) is 0 Å². The van der Waals surface area contributed by atoms with Crippen LogP contribution in [0.4, 0.5) is 20.6 Å². The van der Waals surface area contributed by atoms with Gasteiger partial charge >= 0.3 is 6.03 Å². The molecule has 0 spiro atoms. The Morgan fingerprint density at radius 2 is 1.71 bits per heavy atom. The van der Waals surface area contributed by atoms with Crippen molar-refractivity contribution in [3.63, 3.8) is 0 Å². The van der Waals surface area contributed by atoms with Crippen molar-refractivity contribution in [3.8, 4) is 0 Å². The van der Waals surface area contributed by atoms with Gasteiger partial charge in [0.05, 0.1) is 5.56 Å². The molecule has 2 aromatic carbocycles. The van der Waals surface area contributed by atoms with E-state index in [0.29, 0.717) is 22.4 Å². The third kappa shape index (κ3) is 4.92. The number of benzene rings is 2. The summed E-state index contributed by atoms with van der Waals surface area (Å²) in [5.41, 5.74) is 1.29. The van der Waals surface area contributed by atoms with Gasteiger partial charge in [0.2, 0.25) is 0 Å². The summed E-state index contributed by atoms with van der Waals surface area (Å²) in [5.74, 6) is -0.931. The molecule has 2 rings (SSSR count). The molecule has 0 saturated carbocycles. The smallest absolute Gasteiger partial charge is 0.319 e. The van der Waals surface area contributed by atoms with E-state index < -0.39 is 11.7 Å². The van der Waals surface area contributed by atoms with E-state index in [9.17, 15) is 14.0 Å². The van der Waals surface area contributed by atoms with Gasteiger partial charge in [-0.15, -0.1) is 6.58 Å². The van der Waals surface area contributed by atoms with Crippen molar-refractivity contribution in [3.05, 3.63) is 71.0 Å². The van der Waals surface area contributed by atoms with Gasteiger partial charge in [0.1, 0.15) is 5.82 Å². The van der Waals surface area contributed by atoms with E-state index in [1.54, 1.807) is 30.3 Å². The van der Waals surface area contributed by atoms with Gasteiger partial charge in [0.25, 0.3) is 5.91 Å². The lowest BCUT2D eigenvalue weighted by Crippen LogP contribution is -2.28. The minimum atomic E-state index is -0.492. The second kappa shape index (κ2) is 8.26. The average molecular weight is 392 g/mol. The molecule has 0 atom stereocenters. The summed E-state index contributed by atoms with van der Waals surface area (Å²) in [6.45, 7) is 3.87. The molecule has 3 amide bonds. The van der Waals surface area contributed by atoms with E-state index in [-0.39, 0.29) is 11.6 Å². The Kier molecular flexibility index (Phi) is 6.08. The summed E-state index contributed by atoms with van der Waals surface area (Å²) >= 11 is 3.21. The van der Waals surface area contributed by atoms with E-state index in [2.05, 4.69) is 38.5 Å². The van der Waals surface area contributed by atoms with Crippen molar-refractivity contribution >= 4 is 39.2 Å². The van der Waals surface area contributed by atoms with Crippen LogP contribution in [-0.4, -0.2) is 18.5 Å². The second-order valence-electron chi connectivity index (χ2n) is 4.78. The van der Waals surface area contributed by atoms with Crippen LogP contribution in [0.3, 0.4) is 0 Å². The number of rotatable bonds is 5. The Morgan fingerprint density at radius 1 is 1.08 bits per heavy atom. The number of amides is 3. The van der Waals surface area contributed by atoms with Gasteiger partial charge < -0.3 is 16.0 Å². The zero-order chi connectivity index (χ0) is 17.5. The molecule has 0 radical (unpaired) electrons. The number of carbonyl (C=O) groups is 2. The quantitative estimate of drug-likeness (QED) is 0.670. The lowest BCUT2D eigenvalue weighted by Gasteiger charge is -2.09. The van der Waals surface area contributed by atoms with Gasteiger partial charge in [-0.1, -0.05) is 6.08 Å². The van der Waals surface area contributed by atoms with Crippen molar-refractivity contribution in [2.75, 3.05) is 17.2 Å². The third-order valence-corrected chi connectivity index (χ3v) is 3.67. The molecule has 7 heteroatoms. The first-order valence-corrected chi connectivity index (χ1v) is 7.81. The maximum absolute atomic E-state index is 13.3. The fraction of sp³-hybridized carbons (Fsp3) is 0.0588. The molecule has 0 fully saturated rings. The van der Waals surface area contributed by atoms with Crippen LogP contribution in [0, 0.1) is 5.82 Å². The van der Waals surface area contributed by atoms with E-state index in [1.807, 2.05) is 0 Å². The normalized spacial score (nSPS) is 9.92. The molecule has 0 aromatic heterocycles. The highest BCUT2D eigenvalue weighted by molar-refractivity contribution is 9.10. The van der Waals surface area contributed by atoms with Gasteiger partial charge in [-0.3, -0.25) is 4.79 Å². The summed E-state index contributed by atoms with van der Waals surface area (Å²) < 4.78 is 13.8. The predicted octanol–water partition coefficient (Wildman–Crippen LogP) is 4.15. The number of hydrogen-bond donors (Lipinski definition) is 3. The van der Waals surface area contributed by atoms with Gasteiger partial charge in [0.15, 0.2) is 0 Å². The Morgan fingerprint density at radius 3 is 2.33 bits per heavy atom. The van der Waals surface area contributed by atoms with E-state index in [1.165, 1.54) is 12.1 Å². The minimum Gasteiger partial charge on any atom is -0.334 e. The molecule has 3 N–H and O–H groups in total. The minimum absolute atomic E-state index is 0.195. The Hall–Kier alpha value is -2.67. The highest BCUT2D eigenvalue weighted by atomic mass is 79.9. The SMILES string of the molecule is C=CCNC(=O)Nc1ccc(NC(=O)c2cc(F)ccc2Br)cc1. The van der Waals surface area contributed by atoms with Crippen LogP contribution in [-0.2, 0) is 0 Å². The molecular weight excluding hydrogens is 377 g/mol. The fourth-order valence-electron chi connectivity index (χ4n) is 1.85. The number of hydrogen-bond acceptors (Lipinski definition) is 2. The average Bonchev–Trinajstić information content (AvgIpc) is 2.57. The van der Waals surface area contributed by atoms with Crippen LogP contribution >= 0.6 is 15.9 Å². The van der Waals surface area contributed by atoms with Crippen LogP contribution in [0.1, 0.15) is 10.4 Å². The zero-order valence-electron chi connectivity index (χ0n) is 12.6. The molecule has 24 heavy (non-hydrogen) atoms. The first-order valence-electron chi connectivity index (χ1n) is 7.02. The van der Waals surface area contributed by atoms with Crippen molar-refractivity contribution in [1.82, 2.24) is 5.32 Å². The van der Waals surface area contributed by atoms with E-state index in [4.69, 9.17) is 0 Å². The number of carbonyl (C=O) groups excluding carboxylic acids is 2. The predicted molar refractivity (Wildman–Crippen MR) is 95.7 cm³/mol. The lowest BCUT2D eigenvalue weighted by molar-refractivity contribution is 0.102. The molecule has 0 saturated heterocycles. The highest BCUT2D eigenvalue weighted by Crippen LogP contribution is 2.20. The molecule has 2 aromatic rings. The van der Waals surface area contributed by atoms with Crippen molar-refractivity contribution in [2.45, 2.75) is 0 Å². The first-order chi connectivity index (χ1) is 11.5. The molecule has 0 unspecified atom stereocenters. The van der Waals surface area contributed by atoms with Gasteiger partial charge in [0, 0.05) is 22.4 Å². The molecule has 0 heterocycles. The molecule has 0 aliphatic rings. The van der Waals surface area contributed by atoms with Crippen molar-refractivity contribution in [2.24, 2.45) is 0 Å². The maximum Gasteiger partial charge on any atom is 0.319 e. The van der Waals surface area contributed by atoms with Gasteiger partial charge in [-0.25, -0.2) is 9.18 Å². The Labute approximate surface area is 147 Å². The maximum atomic E-state index is 13.3. The van der Waals surface area contributed by atoms with Crippen LogP contribution in [0.15, 0.2) is 59.6 Å². The van der Waals surface area contributed by atoms with Crippen LogP contribution < -0.4 is 16.0 Å². The first kappa shape index (κ1) is 17.7. The summed E-state index contributed by atoms with van der Waals surface area (Å²) in [4.78, 5) is 23.7. The molecule has 0 aliphatic heterocycles. The molecule has 0 aliphatic carbocycles. The topological polar surface area (TPSA) is 70.2 Å². The lowest BCUT2D eigenvalue weighted by atomic mass is 10.2. The summed E-state index contributed by atoms with van der Waals surface area (Å²) in [6, 6.07) is 10.1. The summed E-state index contributed by atoms with van der Waals surface area (Å²) in [5, 5.41) is 7.88. The van der Waals surface area contributed by atoms with Crippen LogP contribution in [0.25, 0.3) is 0 Å². The highest BCUT2D eigenvalue weighted by Gasteiger charge is 2.11. The Balaban J connectivity index is 2.01. The monoisotopic (exact) mass is 391 g/mol. The molecular formula is C17H15BrFN3O2. The third-order valence-electron chi connectivity index (χ3n) is 2.98. The molecule has 5 nitrogen and oxygen atoms in total. The Bertz CT molecular complexity index is 763.